The Morgan fingerprint density at radius 3 is 2.61 bits per heavy atom. The first-order chi connectivity index (χ1) is 11.1. The van der Waals surface area contributed by atoms with Crippen LogP contribution in [0.3, 0.4) is 0 Å². The molecule has 1 aromatic carbocycles. The van der Waals surface area contributed by atoms with Gasteiger partial charge in [0.2, 0.25) is 0 Å². The van der Waals surface area contributed by atoms with Gasteiger partial charge in [-0.1, -0.05) is 25.1 Å². The van der Waals surface area contributed by atoms with Crippen LogP contribution in [0.2, 0.25) is 0 Å². The van der Waals surface area contributed by atoms with Gasteiger partial charge >= 0.3 is 6.61 Å². The zero-order valence-electron chi connectivity index (χ0n) is 13.7. The number of halogens is 2. The first-order valence-electron chi connectivity index (χ1n) is 8.08. The summed E-state index contributed by atoms with van der Waals surface area (Å²) in [6, 6.07) is 7.21. The third-order valence-electron chi connectivity index (χ3n) is 4.22. The maximum atomic E-state index is 12.4. The van der Waals surface area contributed by atoms with Crippen LogP contribution in [-0.2, 0) is 6.54 Å². The SMILES string of the molecule is CN=C(NCc1ccccc1OC(F)F)NC1CCC(C)CC1. The largest absolute Gasteiger partial charge is 0.434 e. The number of rotatable bonds is 5. The number of alkyl halides is 2. The van der Waals surface area contributed by atoms with Gasteiger partial charge in [-0.2, -0.15) is 8.78 Å². The lowest BCUT2D eigenvalue weighted by molar-refractivity contribution is -0.0504. The van der Waals surface area contributed by atoms with Crippen LogP contribution in [0, 0.1) is 5.92 Å². The number of benzene rings is 1. The molecule has 1 aliphatic rings. The van der Waals surface area contributed by atoms with E-state index in [0.717, 1.165) is 18.8 Å². The van der Waals surface area contributed by atoms with Gasteiger partial charge in [0.15, 0.2) is 5.96 Å². The molecule has 0 unspecified atom stereocenters. The van der Waals surface area contributed by atoms with Gasteiger partial charge in [-0.15, -0.1) is 0 Å². The van der Waals surface area contributed by atoms with Gasteiger partial charge in [-0.05, 0) is 37.7 Å². The van der Waals surface area contributed by atoms with Gasteiger partial charge in [-0.3, -0.25) is 4.99 Å². The van der Waals surface area contributed by atoms with Crippen LogP contribution in [-0.4, -0.2) is 25.7 Å². The molecule has 4 nitrogen and oxygen atoms in total. The second-order valence-corrected chi connectivity index (χ2v) is 6.01. The molecular formula is C17H25F2N3O. The van der Waals surface area contributed by atoms with Crippen molar-refractivity contribution in [1.29, 1.82) is 0 Å². The van der Waals surface area contributed by atoms with E-state index >= 15 is 0 Å². The smallest absolute Gasteiger partial charge is 0.387 e. The quantitative estimate of drug-likeness (QED) is 0.643. The Morgan fingerprint density at radius 1 is 1.26 bits per heavy atom. The summed E-state index contributed by atoms with van der Waals surface area (Å²) in [7, 11) is 1.71. The number of hydrogen-bond acceptors (Lipinski definition) is 2. The van der Waals surface area contributed by atoms with Gasteiger partial charge in [0.05, 0.1) is 0 Å². The van der Waals surface area contributed by atoms with Crippen LogP contribution in [0.1, 0.15) is 38.2 Å². The Hall–Kier alpha value is -1.85. The molecule has 1 saturated carbocycles. The summed E-state index contributed by atoms with van der Waals surface area (Å²) in [4.78, 5) is 4.21. The Labute approximate surface area is 136 Å². The van der Waals surface area contributed by atoms with Crippen molar-refractivity contribution in [2.24, 2.45) is 10.9 Å². The topological polar surface area (TPSA) is 45.7 Å². The molecule has 0 heterocycles. The highest BCUT2D eigenvalue weighted by Crippen LogP contribution is 2.23. The predicted octanol–water partition coefficient (Wildman–Crippen LogP) is 3.53. The number of hydrogen-bond donors (Lipinski definition) is 2. The summed E-state index contributed by atoms with van der Waals surface area (Å²) in [5.41, 5.74) is 0.674. The molecular weight excluding hydrogens is 300 g/mol. The number of nitrogens with zero attached hydrogens (tertiary/aromatic N) is 1. The molecule has 0 bridgehead atoms. The highest BCUT2D eigenvalue weighted by Gasteiger charge is 2.19. The monoisotopic (exact) mass is 325 g/mol. The summed E-state index contributed by atoms with van der Waals surface area (Å²) in [6.45, 7) is -0.160. The fourth-order valence-corrected chi connectivity index (χ4v) is 2.83. The number of ether oxygens (including phenoxy) is 1. The molecule has 0 amide bonds. The van der Waals surface area contributed by atoms with Crippen molar-refractivity contribution in [3.05, 3.63) is 29.8 Å². The van der Waals surface area contributed by atoms with Crippen molar-refractivity contribution in [3.8, 4) is 5.75 Å². The van der Waals surface area contributed by atoms with Crippen molar-refractivity contribution < 1.29 is 13.5 Å². The molecule has 1 aliphatic carbocycles. The molecule has 0 radical (unpaired) electrons. The highest BCUT2D eigenvalue weighted by atomic mass is 19.3. The minimum atomic E-state index is -2.82. The lowest BCUT2D eigenvalue weighted by atomic mass is 9.87. The van der Waals surface area contributed by atoms with Gasteiger partial charge < -0.3 is 15.4 Å². The highest BCUT2D eigenvalue weighted by molar-refractivity contribution is 5.80. The molecule has 0 aromatic heterocycles. The van der Waals surface area contributed by atoms with Crippen molar-refractivity contribution in [2.75, 3.05) is 7.05 Å². The fraction of sp³-hybridized carbons (Fsp3) is 0.588. The molecule has 1 aromatic rings. The van der Waals surface area contributed by atoms with Crippen LogP contribution < -0.4 is 15.4 Å². The molecule has 0 aliphatic heterocycles. The Morgan fingerprint density at radius 2 is 1.96 bits per heavy atom. The summed E-state index contributed by atoms with van der Waals surface area (Å²) in [5.74, 6) is 1.68. The first kappa shape index (κ1) is 17.5. The Bertz CT molecular complexity index is 514. The summed E-state index contributed by atoms with van der Waals surface area (Å²) in [5, 5.41) is 6.58. The fourth-order valence-electron chi connectivity index (χ4n) is 2.83. The van der Waals surface area contributed by atoms with Crippen LogP contribution in [0.4, 0.5) is 8.78 Å². The molecule has 128 valence electrons. The zero-order valence-corrected chi connectivity index (χ0v) is 13.7. The minimum Gasteiger partial charge on any atom is -0.434 e. The summed E-state index contributed by atoms with van der Waals surface area (Å²) >= 11 is 0. The third kappa shape index (κ3) is 5.69. The molecule has 6 heteroatoms. The number of guanidine groups is 1. The zero-order chi connectivity index (χ0) is 16.7. The van der Waals surface area contributed by atoms with E-state index in [9.17, 15) is 8.78 Å². The normalized spacial score (nSPS) is 22.0. The number of aliphatic imine (C=N–C) groups is 1. The van der Waals surface area contributed by atoms with Gasteiger partial charge in [-0.25, -0.2) is 0 Å². The molecule has 1 fully saturated rings. The van der Waals surface area contributed by atoms with Crippen molar-refractivity contribution in [1.82, 2.24) is 10.6 Å². The average Bonchev–Trinajstić information content (AvgIpc) is 2.54. The van der Waals surface area contributed by atoms with Crippen LogP contribution in [0.25, 0.3) is 0 Å². The van der Waals surface area contributed by atoms with Crippen molar-refractivity contribution in [3.63, 3.8) is 0 Å². The number of para-hydroxylation sites is 1. The van der Waals surface area contributed by atoms with E-state index < -0.39 is 6.61 Å². The van der Waals surface area contributed by atoms with Crippen LogP contribution in [0.15, 0.2) is 29.3 Å². The van der Waals surface area contributed by atoms with E-state index in [-0.39, 0.29) is 5.75 Å². The van der Waals surface area contributed by atoms with E-state index in [2.05, 4.69) is 27.3 Å². The molecule has 23 heavy (non-hydrogen) atoms. The Kier molecular flexibility index (Phi) is 6.62. The maximum absolute atomic E-state index is 12.4. The first-order valence-corrected chi connectivity index (χ1v) is 8.08. The van der Waals surface area contributed by atoms with Crippen molar-refractivity contribution in [2.45, 2.75) is 51.8 Å². The van der Waals surface area contributed by atoms with E-state index in [4.69, 9.17) is 0 Å². The lowest BCUT2D eigenvalue weighted by Crippen LogP contribution is -2.44. The average molecular weight is 325 g/mol. The van der Waals surface area contributed by atoms with Crippen molar-refractivity contribution >= 4 is 5.96 Å². The second kappa shape index (κ2) is 8.70. The van der Waals surface area contributed by atoms with E-state index in [1.54, 1.807) is 31.3 Å². The van der Waals surface area contributed by atoms with Crippen LogP contribution >= 0.6 is 0 Å². The molecule has 0 saturated heterocycles. The number of nitrogens with one attached hydrogen (secondary N) is 2. The van der Waals surface area contributed by atoms with E-state index in [0.29, 0.717) is 24.1 Å². The van der Waals surface area contributed by atoms with E-state index in [1.807, 2.05) is 0 Å². The second-order valence-electron chi connectivity index (χ2n) is 6.01. The predicted molar refractivity (Wildman–Crippen MR) is 87.8 cm³/mol. The van der Waals surface area contributed by atoms with E-state index in [1.165, 1.54) is 12.8 Å². The Balaban J connectivity index is 1.88. The molecule has 2 rings (SSSR count). The van der Waals surface area contributed by atoms with Gasteiger partial charge in [0, 0.05) is 25.2 Å². The summed E-state index contributed by atoms with van der Waals surface area (Å²) in [6.07, 6.45) is 4.71. The van der Waals surface area contributed by atoms with Gasteiger partial charge in [0.25, 0.3) is 0 Å². The molecule has 2 N–H and O–H groups in total. The standard InChI is InChI=1S/C17H25F2N3O/c1-12-7-9-14(10-8-12)22-17(20-2)21-11-13-5-3-4-6-15(13)23-16(18)19/h3-6,12,14,16H,7-11H2,1-2H3,(H2,20,21,22). The maximum Gasteiger partial charge on any atom is 0.387 e. The van der Waals surface area contributed by atoms with Gasteiger partial charge in [0.1, 0.15) is 5.75 Å². The molecule has 0 spiro atoms. The molecule has 0 atom stereocenters. The lowest BCUT2D eigenvalue weighted by Gasteiger charge is -2.28. The third-order valence-corrected chi connectivity index (χ3v) is 4.22. The van der Waals surface area contributed by atoms with Crippen LogP contribution in [0.5, 0.6) is 5.75 Å². The minimum absolute atomic E-state index is 0.192. The summed E-state index contributed by atoms with van der Waals surface area (Å²) < 4.78 is 29.4.